The number of alkyl halides is 3. The maximum atomic E-state index is 12.4. The van der Waals surface area contributed by atoms with Crippen LogP contribution in [0.4, 0.5) is 13.2 Å². The summed E-state index contributed by atoms with van der Waals surface area (Å²) in [6, 6.07) is 5.79. The van der Waals surface area contributed by atoms with Crippen molar-refractivity contribution in [1.29, 1.82) is 0 Å². The first-order valence-corrected chi connectivity index (χ1v) is 10.4. The number of unbranched alkanes of at least 4 members (excludes halogenated alkanes) is 1. The number of benzene rings is 1. The molecule has 1 aromatic carbocycles. The number of nitrogens with zero attached hydrogens (tertiary/aromatic N) is 2. The quantitative estimate of drug-likeness (QED) is 0.258. The molecular formula is C22H25F3N2OS. The third-order valence-electron chi connectivity index (χ3n) is 4.49. The highest BCUT2D eigenvalue weighted by atomic mass is 32.2. The Hall–Kier alpha value is -2.20. The zero-order valence-corrected chi connectivity index (χ0v) is 17.9. The largest absolute Gasteiger partial charge is 0.573 e. The van der Waals surface area contributed by atoms with Crippen molar-refractivity contribution >= 4 is 11.8 Å². The van der Waals surface area contributed by atoms with E-state index < -0.39 is 6.36 Å². The number of hydrogen-bond acceptors (Lipinski definition) is 4. The van der Waals surface area contributed by atoms with E-state index in [0.29, 0.717) is 5.69 Å². The molecule has 0 aliphatic rings. The molecule has 1 atom stereocenters. The van der Waals surface area contributed by atoms with Gasteiger partial charge in [0, 0.05) is 17.0 Å². The van der Waals surface area contributed by atoms with E-state index in [2.05, 4.69) is 29.8 Å². The molecule has 3 nitrogen and oxygen atoms in total. The lowest BCUT2D eigenvalue weighted by atomic mass is 9.97. The molecule has 1 aromatic heterocycles. The Balaban J connectivity index is 2.48. The molecule has 0 aliphatic heterocycles. The minimum atomic E-state index is -4.71. The van der Waals surface area contributed by atoms with Gasteiger partial charge >= 0.3 is 6.36 Å². The molecule has 0 bridgehead atoms. The molecule has 7 heteroatoms. The van der Waals surface area contributed by atoms with Crippen LogP contribution >= 0.6 is 11.8 Å². The smallest absolute Gasteiger partial charge is 0.406 e. The van der Waals surface area contributed by atoms with Gasteiger partial charge in [-0.15, -0.1) is 13.2 Å². The zero-order valence-electron chi connectivity index (χ0n) is 17.1. The van der Waals surface area contributed by atoms with Crippen LogP contribution in [-0.2, 0) is 0 Å². The first kappa shape index (κ1) is 23.1. The molecule has 2 rings (SSSR count). The van der Waals surface area contributed by atoms with Crippen LogP contribution in [0.3, 0.4) is 0 Å². The first-order valence-electron chi connectivity index (χ1n) is 9.62. The molecule has 29 heavy (non-hydrogen) atoms. The SMILES string of the molecule is CC#CSc1nc(C(CC)CCCC)nc(-c2ccc(OC(F)(F)F)cc2)c1C. The van der Waals surface area contributed by atoms with Crippen LogP contribution in [0.5, 0.6) is 5.75 Å². The topological polar surface area (TPSA) is 35.0 Å². The van der Waals surface area contributed by atoms with Gasteiger partial charge < -0.3 is 4.74 Å². The third kappa shape index (κ3) is 6.67. The fourth-order valence-electron chi connectivity index (χ4n) is 2.96. The summed E-state index contributed by atoms with van der Waals surface area (Å²) in [5.41, 5.74) is 2.29. The maximum absolute atomic E-state index is 12.4. The summed E-state index contributed by atoms with van der Waals surface area (Å²) in [5, 5.41) is 3.76. The third-order valence-corrected chi connectivity index (χ3v) is 5.39. The van der Waals surface area contributed by atoms with Gasteiger partial charge in [0.25, 0.3) is 0 Å². The Bertz CT molecular complexity index is 871. The summed E-state index contributed by atoms with van der Waals surface area (Å²) >= 11 is 1.35. The molecule has 156 valence electrons. The minimum Gasteiger partial charge on any atom is -0.406 e. The average molecular weight is 423 g/mol. The van der Waals surface area contributed by atoms with Gasteiger partial charge in [-0.05, 0) is 68.0 Å². The van der Waals surface area contributed by atoms with Crippen LogP contribution in [0.15, 0.2) is 29.3 Å². The Morgan fingerprint density at radius 2 is 1.83 bits per heavy atom. The highest BCUT2D eigenvalue weighted by Gasteiger charge is 2.31. The molecule has 0 saturated carbocycles. The lowest BCUT2D eigenvalue weighted by Gasteiger charge is -2.17. The van der Waals surface area contributed by atoms with Gasteiger partial charge in [0.15, 0.2) is 0 Å². The second-order valence-corrected chi connectivity index (χ2v) is 7.43. The molecule has 0 radical (unpaired) electrons. The monoisotopic (exact) mass is 422 g/mol. The molecule has 0 spiro atoms. The van der Waals surface area contributed by atoms with E-state index in [9.17, 15) is 13.2 Å². The van der Waals surface area contributed by atoms with E-state index in [-0.39, 0.29) is 11.7 Å². The summed E-state index contributed by atoms with van der Waals surface area (Å²) in [6.07, 6.45) is -0.609. The number of halogens is 3. The van der Waals surface area contributed by atoms with Crippen molar-refractivity contribution in [1.82, 2.24) is 9.97 Å². The molecule has 1 heterocycles. The van der Waals surface area contributed by atoms with E-state index >= 15 is 0 Å². The van der Waals surface area contributed by atoms with E-state index in [1.54, 1.807) is 19.1 Å². The lowest BCUT2D eigenvalue weighted by Crippen LogP contribution is -2.17. The number of ether oxygens (including phenoxy) is 1. The van der Waals surface area contributed by atoms with Crippen LogP contribution in [0, 0.1) is 18.1 Å². The maximum Gasteiger partial charge on any atom is 0.573 e. The highest BCUT2D eigenvalue weighted by molar-refractivity contribution is 8.03. The molecule has 2 aromatic rings. The fraction of sp³-hybridized carbons (Fsp3) is 0.455. The van der Waals surface area contributed by atoms with Crippen LogP contribution in [-0.4, -0.2) is 16.3 Å². The Morgan fingerprint density at radius 1 is 1.14 bits per heavy atom. The van der Waals surface area contributed by atoms with Crippen LogP contribution in [0.25, 0.3) is 11.3 Å². The van der Waals surface area contributed by atoms with Gasteiger partial charge in [0.2, 0.25) is 0 Å². The van der Waals surface area contributed by atoms with Crippen molar-refractivity contribution in [3.8, 4) is 28.2 Å². The predicted molar refractivity (Wildman–Crippen MR) is 111 cm³/mol. The summed E-state index contributed by atoms with van der Waals surface area (Å²) in [7, 11) is 0. The molecule has 1 unspecified atom stereocenters. The molecule has 0 saturated heterocycles. The molecular weight excluding hydrogens is 397 g/mol. The Morgan fingerprint density at radius 3 is 2.38 bits per heavy atom. The van der Waals surface area contributed by atoms with E-state index in [0.717, 1.165) is 47.7 Å². The summed E-state index contributed by atoms with van der Waals surface area (Å²) in [6.45, 7) is 7.94. The van der Waals surface area contributed by atoms with Gasteiger partial charge in [0.05, 0.1) is 5.69 Å². The number of rotatable bonds is 8. The predicted octanol–water partition coefficient (Wildman–Crippen LogP) is 7.11. The standard InChI is InChI=1S/C22H25F3N2OS/c1-5-8-9-16(7-3)20-26-19(15(4)21(27-20)29-14-6-2)17-10-12-18(13-11-17)28-22(23,24)25/h10-13,16H,5,7-9H2,1-4H3. The van der Waals surface area contributed by atoms with Gasteiger partial charge in [0.1, 0.15) is 16.6 Å². The van der Waals surface area contributed by atoms with Gasteiger partial charge in [-0.3, -0.25) is 0 Å². The van der Waals surface area contributed by atoms with Crippen molar-refractivity contribution in [2.75, 3.05) is 0 Å². The molecule has 0 N–H and O–H groups in total. The van der Waals surface area contributed by atoms with Crippen molar-refractivity contribution < 1.29 is 17.9 Å². The molecule has 0 aliphatic carbocycles. The Labute approximate surface area is 174 Å². The average Bonchev–Trinajstić information content (AvgIpc) is 2.68. The van der Waals surface area contributed by atoms with E-state index in [1.807, 2.05) is 6.92 Å². The minimum absolute atomic E-state index is 0.232. The highest BCUT2D eigenvalue weighted by Crippen LogP contribution is 2.33. The zero-order chi connectivity index (χ0) is 21.4. The lowest BCUT2D eigenvalue weighted by molar-refractivity contribution is -0.274. The Kier molecular flexibility index (Phi) is 8.39. The van der Waals surface area contributed by atoms with Gasteiger partial charge in [-0.2, -0.15) is 0 Å². The fourth-order valence-corrected chi connectivity index (χ4v) is 3.54. The molecule has 0 fully saturated rings. The second kappa shape index (κ2) is 10.5. The number of hydrogen-bond donors (Lipinski definition) is 0. The number of aromatic nitrogens is 2. The van der Waals surface area contributed by atoms with Gasteiger partial charge in [-0.25, -0.2) is 9.97 Å². The van der Waals surface area contributed by atoms with Crippen LogP contribution in [0.2, 0.25) is 0 Å². The van der Waals surface area contributed by atoms with Crippen molar-refractivity contribution in [3.05, 3.63) is 35.7 Å². The second-order valence-electron chi connectivity index (χ2n) is 6.63. The van der Waals surface area contributed by atoms with Gasteiger partial charge in [-0.1, -0.05) is 32.6 Å². The summed E-state index contributed by atoms with van der Waals surface area (Å²) < 4.78 is 41.2. The van der Waals surface area contributed by atoms with E-state index in [4.69, 9.17) is 9.97 Å². The van der Waals surface area contributed by atoms with E-state index in [1.165, 1.54) is 23.9 Å². The molecule has 0 amide bonds. The van der Waals surface area contributed by atoms with Crippen molar-refractivity contribution in [3.63, 3.8) is 0 Å². The van der Waals surface area contributed by atoms with Crippen LogP contribution in [0.1, 0.15) is 63.8 Å². The summed E-state index contributed by atoms with van der Waals surface area (Å²) in [4.78, 5) is 9.57. The number of thioether (sulfide) groups is 1. The normalized spacial score (nSPS) is 12.2. The summed E-state index contributed by atoms with van der Waals surface area (Å²) in [5.74, 6) is 3.60. The first-order chi connectivity index (χ1) is 13.8. The van der Waals surface area contributed by atoms with Crippen molar-refractivity contribution in [2.45, 2.75) is 70.7 Å². The van der Waals surface area contributed by atoms with Crippen molar-refractivity contribution in [2.24, 2.45) is 0 Å². The van der Waals surface area contributed by atoms with Crippen LogP contribution < -0.4 is 4.74 Å².